The van der Waals surface area contributed by atoms with E-state index in [9.17, 15) is 14.0 Å². The summed E-state index contributed by atoms with van der Waals surface area (Å²) in [6.45, 7) is 3.42. The molecule has 0 saturated heterocycles. The normalized spacial score (nSPS) is 14.1. The summed E-state index contributed by atoms with van der Waals surface area (Å²) in [7, 11) is 3.13. The molecule has 2 aromatic rings. The first-order valence-electron chi connectivity index (χ1n) is 9.67. The van der Waals surface area contributed by atoms with Crippen LogP contribution in [0.1, 0.15) is 11.1 Å². The van der Waals surface area contributed by atoms with E-state index in [2.05, 4.69) is 0 Å². The number of methoxy groups -OCH3 is 2. The van der Waals surface area contributed by atoms with E-state index in [0.717, 1.165) is 10.5 Å². The average Bonchev–Trinajstić information content (AvgIpc) is 2.99. The van der Waals surface area contributed by atoms with Crippen molar-refractivity contribution in [1.82, 2.24) is 4.90 Å². The van der Waals surface area contributed by atoms with Gasteiger partial charge in [-0.15, -0.1) is 0 Å². The zero-order valence-corrected chi connectivity index (χ0v) is 17.4. The molecule has 0 bridgehead atoms. The molecule has 0 spiro atoms. The number of rotatable bonds is 9. The SMILES string of the molecule is COCCN(CCOC)C1=C(c2ccc(C)cc2)C(=O)N(c2ccccc2F)C1=O. The number of amides is 2. The van der Waals surface area contributed by atoms with Gasteiger partial charge in [-0.2, -0.15) is 0 Å². The standard InChI is InChI=1S/C23H25FN2O4/c1-16-8-10-17(11-9-16)20-21(25(12-14-29-2)13-15-30-3)23(28)26(22(20)27)19-7-5-4-6-18(19)24/h4-11H,12-15H2,1-3H3. The van der Waals surface area contributed by atoms with E-state index in [0.29, 0.717) is 31.9 Å². The molecule has 2 aromatic carbocycles. The van der Waals surface area contributed by atoms with Crippen LogP contribution in [-0.2, 0) is 19.1 Å². The highest BCUT2D eigenvalue weighted by atomic mass is 19.1. The van der Waals surface area contributed by atoms with Gasteiger partial charge in [0.25, 0.3) is 11.8 Å². The van der Waals surface area contributed by atoms with E-state index >= 15 is 0 Å². The third-order valence-electron chi connectivity index (χ3n) is 4.94. The summed E-state index contributed by atoms with van der Waals surface area (Å²) < 4.78 is 24.9. The number of carbonyl (C=O) groups is 2. The Kier molecular flexibility index (Phi) is 6.97. The molecule has 0 saturated carbocycles. The first-order chi connectivity index (χ1) is 14.5. The molecule has 1 heterocycles. The summed E-state index contributed by atoms with van der Waals surface area (Å²) in [5, 5.41) is 0. The number of para-hydroxylation sites is 1. The minimum absolute atomic E-state index is 0.0643. The lowest BCUT2D eigenvalue weighted by Crippen LogP contribution is -2.38. The summed E-state index contributed by atoms with van der Waals surface area (Å²) in [5.41, 5.74) is 2.04. The molecule has 0 radical (unpaired) electrons. The highest BCUT2D eigenvalue weighted by Gasteiger charge is 2.43. The van der Waals surface area contributed by atoms with Crippen molar-refractivity contribution in [3.8, 4) is 0 Å². The van der Waals surface area contributed by atoms with Crippen LogP contribution in [-0.4, -0.2) is 57.2 Å². The first kappa shape index (κ1) is 21.7. The van der Waals surface area contributed by atoms with Crippen LogP contribution in [0.2, 0.25) is 0 Å². The molecule has 7 heteroatoms. The quantitative estimate of drug-likeness (QED) is 0.593. The lowest BCUT2D eigenvalue weighted by molar-refractivity contribution is -0.120. The molecular weight excluding hydrogens is 387 g/mol. The summed E-state index contributed by atoms with van der Waals surface area (Å²) in [5.74, 6) is -1.75. The molecule has 6 nitrogen and oxygen atoms in total. The van der Waals surface area contributed by atoms with Crippen LogP contribution < -0.4 is 4.90 Å². The van der Waals surface area contributed by atoms with Crippen molar-refractivity contribution >= 4 is 23.1 Å². The van der Waals surface area contributed by atoms with Crippen LogP contribution in [0, 0.1) is 12.7 Å². The van der Waals surface area contributed by atoms with Crippen molar-refractivity contribution in [3.05, 3.63) is 71.2 Å². The number of nitrogens with zero attached hydrogens (tertiary/aromatic N) is 2. The predicted octanol–water partition coefficient (Wildman–Crippen LogP) is 3.01. The number of anilines is 1. The Labute approximate surface area is 175 Å². The van der Waals surface area contributed by atoms with Crippen molar-refractivity contribution in [2.24, 2.45) is 0 Å². The number of hydrogen-bond donors (Lipinski definition) is 0. The maximum absolute atomic E-state index is 14.5. The van der Waals surface area contributed by atoms with Crippen LogP contribution in [0.3, 0.4) is 0 Å². The van der Waals surface area contributed by atoms with Crippen molar-refractivity contribution in [3.63, 3.8) is 0 Å². The maximum atomic E-state index is 14.5. The molecule has 0 N–H and O–H groups in total. The van der Waals surface area contributed by atoms with Gasteiger partial charge in [-0.1, -0.05) is 42.0 Å². The largest absolute Gasteiger partial charge is 0.383 e. The summed E-state index contributed by atoms with van der Waals surface area (Å²) in [6, 6.07) is 13.1. The van der Waals surface area contributed by atoms with Crippen molar-refractivity contribution < 1.29 is 23.5 Å². The predicted molar refractivity (Wildman–Crippen MR) is 112 cm³/mol. The van der Waals surface area contributed by atoms with Gasteiger partial charge in [-0.3, -0.25) is 9.59 Å². The lowest BCUT2D eigenvalue weighted by atomic mass is 10.0. The molecule has 3 rings (SSSR count). The minimum Gasteiger partial charge on any atom is -0.383 e. The van der Waals surface area contributed by atoms with Gasteiger partial charge in [0.05, 0.1) is 24.5 Å². The van der Waals surface area contributed by atoms with E-state index < -0.39 is 17.6 Å². The summed E-state index contributed by atoms with van der Waals surface area (Å²) in [4.78, 5) is 29.5. The summed E-state index contributed by atoms with van der Waals surface area (Å²) in [6.07, 6.45) is 0. The number of hydrogen-bond acceptors (Lipinski definition) is 5. The van der Waals surface area contributed by atoms with Gasteiger partial charge >= 0.3 is 0 Å². The minimum atomic E-state index is -0.635. The van der Waals surface area contributed by atoms with Crippen LogP contribution in [0.5, 0.6) is 0 Å². The van der Waals surface area contributed by atoms with Gasteiger partial charge in [-0.05, 0) is 24.6 Å². The zero-order valence-electron chi connectivity index (χ0n) is 17.4. The highest BCUT2D eigenvalue weighted by molar-refractivity contribution is 6.45. The van der Waals surface area contributed by atoms with E-state index in [1.807, 2.05) is 19.1 Å². The monoisotopic (exact) mass is 412 g/mol. The first-order valence-corrected chi connectivity index (χ1v) is 9.67. The molecular formula is C23H25FN2O4. The fourth-order valence-electron chi connectivity index (χ4n) is 3.38. The van der Waals surface area contributed by atoms with Gasteiger partial charge < -0.3 is 14.4 Å². The summed E-state index contributed by atoms with van der Waals surface area (Å²) >= 11 is 0. The van der Waals surface area contributed by atoms with Gasteiger partial charge in [0, 0.05) is 27.3 Å². The third kappa shape index (κ3) is 4.27. The number of aryl methyl sites for hydroxylation is 1. The second kappa shape index (κ2) is 9.65. The smallest absolute Gasteiger partial charge is 0.282 e. The Balaban J connectivity index is 2.14. The van der Waals surface area contributed by atoms with Crippen LogP contribution >= 0.6 is 0 Å². The van der Waals surface area contributed by atoms with Crippen molar-refractivity contribution in [1.29, 1.82) is 0 Å². The molecule has 0 aliphatic carbocycles. The third-order valence-corrected chi connectivity index (χ3v) is 4.94. The van der Waals surface area contributed by atoms with Gasteiger partial charge in [0.2, 0.25) is 0 Å². The zero-order chi connectivity index (χ0) is 21.7. The Morgan fingerprint density at radius 1 is 0.900 bits per heavy atom. The molecule has 30 heavy (non-hydrogen) atoms. The molecule has 0 aromatic heterocycles. The molecule has 158 valence electrons. The molecule has 2 amide bonds. The van der Waals surface area contributed by atoms with E-state index in [4.69, 9.17) is 9.47 Å². The van der Waals surface area contributed by atoms with Crippen molar-refractivity contribution in [2.75, 3.05) is 45.4 Å². The lowest BCUT2D eigenvalue weighted by Gasteiger charge is -2.25. The topological polar surface area (TPSA) is 59.1 Å². The Bertz CT molecular complexity index is 948. The fourth-order valence-corrected chi connectivity index (χ4v) is 3.38. The Hall–Kier alpha value is -3.03. The number of benzene rings is 2. The molecule has 0 fully saturated rings. The van der Waals surface area contributed by atoms with E-state index in [-0.39, 0.29) is 17.0 Å². The molecule has 1 aliphatic heterocycles. The number of carbonyl (C=O) groups excluding carboxylic acids is 2. The van der Waals surface area contributed by atoms with Crippen LogP contribution in [0.25, 0.3) is 5.57 Å². The van der Waals surface area contributed by atoms with E-state index in [1.54, 1.807) is 37.3 Å². The van der Waals surface area contributed by atoms with E-state index in [1.165, 1.54) is 18.2 Å². The molecule has 0 unspecified atom stereocenters. The molecule has 0 atom stereocenters. The molecule has 1 aliphatic rings. The van der Waals surface area contributed by atoms with Crippen molar-refractivity contribution in [2.45, 2.75) is 6.92 Å². The highest BCUT2D eigenvalue weighted by Crippen LogP contribution is 2.35. The van der Waals surface area contributed by atoms with Crippen LogP contribution in [0.4, 0.5) is 10.1 Å². The van der Waals surface area contributed by atoms with Gasteiger partial charge in [0.15, 0.2) is 0 Å². The van der Waals surface area contributed by atoms with Gasteiger partial charge in [-0.25, -0.2) is 9.29 Å². The maximum Gasteiger partial charge on any atom is 0.282 e. The number of halogens is 1. The average molecular weight is 412 g/mol. The Morgan fingerprint density at radius 3 is 2.07 bits per heavy atom. The number of imide groups is 1. The van der Waals surface area contributed by atoms with Gasteiger partial charge in [0.1, 0.15) is 11.5 Å². The second-order valence-corrected chi connectivity index (χ2v) is 6.96. The second-order valence-electron chi connectivity index (χ2n) is 6.96. The Morgan fingerprint density at radius 2 is 1.50 bits per heavy atom. The number of ether oxygens (including phenoxy) is 2. The fraction of sp³-hybridized carbons (Fsp3) is 0.304. The van der Waals surface area contributed by atoms with Crippen LogP contribution in [0.15, 0.2) is 54.2 Å².